The molecule has 0 radical (unpaired) electrons. The number of halogens is 2. The molecular formula is C12H9BrClN3OS. The van der Waals surface area contributed by atoms with Gasteiger partial charge in [0.2, 0.25) is 5.88 Å². The van der Waals surface area contributed by atoms with E-state index in [2.05, 4.69) is 20.9 Å². The van der Waals surface area contributed by atoms with E-state index in [0.29, 0.717) is 23.2 Å². The maximum atomic E-state index is 6.13. The minimum atomic E-state index is 0.349. The van der Waals surface area contributed by atoms with Gasteiger partial charge in [-0.1, -0.05) is 27.5 Å². The van der Waals surface area contributed by atoms with Crippen LogP contribution in [0.2, 0.25) is 5.02 Å². The molecule has 0 saturated carbocycles. The molecule has 0 fully saturated rings. The molecule has 0 aliphatic rings. The molecule has 7 heteroatoms. The lowest BCUT2D eigenvalue weighted by atomic mass is 10.3. The Kier molecular flexibility index (Phi) is 3.49. The molecule has 2 N–H and O–H groups in total. The van der Waals surface area contributed by atoms with E-state index in [4.69, 9.17) is 22.1 Å². The van der Waals surface area contributed by atoms with Gasteiger partial charge < -0.3 is 10.5 Å². The molecule has 0 unspecified atom stereocenters. The summed E-state index contributed by atoms with van der Waals surface area (Å²) >= 11 is 11.0. The number of rotatable bonds is 3. The minimum Gasteiger partial charge on any atom is -0.436 e. The number of benzene rings is 1. The number of nitrogens with two attached hydrogens (primary N) is 1. The first-order valence-electron chi connectivity index (χ1n) is 5.46. The van der Waals surface area contributed by atoms with Gasteiger partial charge in [0.15, 0.2) is 4.96 Å². The van der Waals surface area contributed by atoms with Crippen molar-refractivity contribution in [1.82, 2.24) is 9.38 Å². The molecule has 1 aromatic carbocycles. The predicted molar refractivity (Wildman–Crippen MR) is 80.2 cm³/mol. The Bertz CT molecular complexity index is 740. The van der Waals surface area contributed by atoms with Gasteiger partial charge in [0.25, 0.3) is 0 Å². The van der Waals surface area contributed by atoms with Crippen LogP contribution in [-0.2, 0) is 6.54 Å². The van der Waals surface area contributed by atoms with Gasteiger partial charge in [-0.3, -0.25) is 4.40 Å². The number of hydrogen-bond donors (Lipinski definition) is 1. The second-order valence-electron chi connectivity index (χ2n) is 3.80. The molecule has 2 heterocycles. The lowest BCUT2D eigenvalue weighted by molar-refractivity contribution is 0.459. The number of ether oxygens (including phenoxy) is 1. The maximum absolute atomic E-state index is 6.13. The Balaban J connectivity index is 2.02. The zero-order chi connectivity index (χ0) is 13.4. The molecule has 0 aliphatic heterocycles. The van der Waals surface area contributed by atoms with Crippen LogP contribution in [0.5, 0.6) is 11.6 Å². The van der Waals surface area contributed by atoms with Crippen LogP contribution in [0.1, 0.15) is 5.69 Å². The van der Waals surface area contributed by atoms with E-state index in [1.54, 1.807) is 12.1 Å². The van der Waals surface area contributed by atoms with Crippen LogP contribution < -0.4 is 10.5 Å². The first kappa shape index (κ1) is 12.9. The summed E-state index contributed by atoms with van der Waals surface area (Å²) in [6, 6.07) is 5.43. The number of hydrogen-bond acceptors (Lipinski definition) is 4. The third kappa shape index (κ3) is 2.36. The van der Waals surface area contributed by atoms with Crippen molar-refractivity contribution in [3.63, 3.8) is 0 Å². The van der Waals surface area contributed by atoms with E-state index in [0.717, 1.165) is 15.1 Å². The number of aromatic nitrogens is 2. The molecule has 0 bridgehead atoms. The number of thiazole rings is 1. The summed E-state index contributed by atoms with van der Waals surface area (Å²) in [6.45, 7) is 0.349. The van der Waals surface area contributed by atoms with E-state index < -0.39 is 0 Å². The van der Waals surface area contributed by atoms with Crippen molar-refractivity contribution in [2.45, 2.75) is 6.54 Å². The van der Waals surface area contributed by atoms with E-state index in [-0.39, 0.29) is 0 Å². The fraction of sp³-hybridized carbons (Fsp3) is 0.0833. The largest absolute Gasteiger partial charge is 0.436 e. The van der Waals surface area contributed by atoms with Crippen molar-refractivity contribution in [2.75, 3.05) is 0 Å². The van der Waals surface area contributed by atoms with Crippen LogP contribution >= 0.6 is 38.9 Å². The molecule has 98 valence electrons. The zero-order valence-corrected chi connectivity index (χ0v) is 12.8. The lowest BCUT2D eigenvalue weighted by Crippen LogP contribution is -2.01. The van der Waals surface area contributed by atoms with Crippen molar-refractivity contribution in [3.05, 3.63) is 45.0 Å². The molecule has 19 heavy (non-hydrogen) atoms. The molecule has 0 amide bonds. The standard InChI is InChI=1S/C12H9BrClN3OS/c13-7-1-2-10(8(14)5-7)18-11-9(6-15)17-3-4-19-12(17)16-11/h1-5H,6,15H2. The van der Waals surface area contributed by atoms with Gasteiger partial charge >= 0.3 is 0 Å². The average Bonchev–Trinajstić information content (AvgIpc) is 2.92. The minimum absolute atomic E-state index is 0.349. The molecule has 2 aromatic heterocycles. The third-order valence-electron chi connectivity index (χ3n) is 2.62. The predicted octanol–water partition coefficient (Wildman–Crippen LogP) is 4.06. The first-order chi connectivity index (χ1) is 9.19. The van der Waals surface area contributed by atoms with Gasteiger partial charge in [0, 0.05) is 22.6 Å². The van der Waals surface area contributed by atoms with Crippen LogP contribution in [-0.4, -0.2) is 9.38 Å². The third-order valence-corrected chi connectivity index (χ3v) is 4.16. The van der Waals surface area contributed by atoms with Crippen molar-refractivity contribution >= 4 is 43.8 Å². The van der Waals surface area contributed by atoms with Gasteiger partial charge in [0.05, 0.1) is 5.02 Å². The van der Waals surface area contributed by atoms with E-state index in [1.807, 2.05) is 22.0 Å². The molecule has 3 aromatic rings. The fourth-order valence-corrected chi connectivity index (χ4v) is 3.18. The van der Waals surface area contributed by atoms with Crippen molar-refractivity contribution in [2.24, 2.45) is 5.73 Å². The highest BCUT2D eigenvalue weighted by atomic mass is 79.9. The highest BCUT2D eigenvalue weighted by molar-refractivity contribution is 9.10. The monoisotopic (exact) mass is 357 g/mol. The fourth-order valence-electron chi connectivity index (χ4n) is 1.74. The van der Waals surface area contributed by atoms with Crippen LogP contribution in [0, 0.1) is 0 Å². The Morgan fingerprint density at radius 2 is 2.32 bits per heavy atom. The second kappa shape index (κ2) is 5.13. The van der Waals surface area contributed by atoms with Crippen LogP contribution in [0.25, 0.3) is 4.96 Å². The first-order valence-corrected chi connectivity index (χ1v) is 7.51. The Morgan fingerprint density at radius 1 is 1.47 bits per heavy atom. The van der Waals surface area contributed by atoms with Crippen LogP contribution in [0.4, 0.5) is 0 Å². The van der Waals surface area contributed by atoms with E-state index in [9.17, 15) is 0 Å². The smallest absolute Gasteiger partial charge is 0.243 e. The summed E-state index contributed by atoms with van der Waals surface area (Å²) < 4.78 is 8.59. The van der Waals surface area contributed by atoms with Gasteiger partial charge in [-0.05, 0) is 18.2 Å². The SMILES string of the molecule is NCc1c(Oc2ccc(Br)cc2Cl)nc2sccn12. The van der Waals surface area contributed by atoms with Gasteiger partial charge in [-0.25, -0.2) is 0 Å². The highest BCUT2D eigenvalue weighted by Gasteiger charge is 2.15. The number of nitrogens with zero attached hydrogens (tertiary/aromatic N) is 2. The summed E-state index contributed by atoms with van der Waals surface area (Å²) in [6.07, 6.45) is 1.92. The van der Waals surface area contributed by atoms with Crippen molar-refractivity contribution in [1.29, 1.82) is 0 Å². The van der Waals surface area contributed by atoms with Gasteiger partial charge in [-0.15, -0.1) is 11.3 Å². The topological polar surface area (TPSA) is 52.5 Å². The summed E-state index contributed by atoms with van der Waals surface area (Å²) in [5.41, 5.74) is 6.59. The molecule has 3 rings (SSSR count). The maximum Gasteiger partial charge on any atom is 0.243 e. The Hall–Kier alpha value is -1.08. The summed E-state index contributed by atoms with van der Waals surface area (Å²) in [5, 5.41) is 2.48. The lowest BCUT2D eigenvalue weighted by Gasteiger charge is -2.06. The molecule has 0 atom stereocenters. The highest BCUT2D eigenvalue weighted by Crippen LogP contribution is 2.33. The van der Waals surface area contributed by atoms with Crippen molar-refractivity contribution < 1.29 is 4.74 Å². The van der Waals surface area contributed by atoms with Crippen molar-refractivity contribution in [3.8, 4) is 11.6 Å². The number of imidazole rings is 1. The molecule has 0 saturated heterocycles. The quantitative estimate of drug-likeness (QED) is 0.768. The normalized spacial score (nSPS) is 11.1. The molecule has 0 aliphatic carbocycles. The molecule has 0 spiro atoms. The molecule has 4 nitrogen and oxygen atoms in total. The van der Waals surface area contributed by atoms with Gasteiger partial charge in [-0.2, -0.15) is 4.98 Å². The summed E-state index contributed by atoms with van der Waals surface area (Å²) in [4.78, 5) is 5.26. The van der Waals surface area contributed by atoms with E-state index >= 15 is 0 Å². The Labute approximate surface area is 126 Å². The van der Waals surface area contributed by atoms with Crippen LogP contribution in [0.3, 0.4) is 0 Å². The van der Waals surface area contributed by atoms with Crippen LogP contribution in [0.15, 0.2) is 34.2 Å². The summed E-state index contributed by atoms with van der Waals surface area (Å²) in [7, 11) is 0. The Morgan fingerprint density at radius 3 is 3.05 bits per heavy atom. The zero-order valence-electron chi connectivity index (χ0n) is 9.64. The van der Waals surface area contributed by atoms with Gasteiger partial charge in [0.1, 0.15) is 11.4 Å². The summed E-state index contributed by atoms with van der Waals surface area (Å²) in [5.74, 6) is 1.06. The second-order valence-corrected chi connectivity index (χ2v) is 6.00. The van der Waals surface area contributed by atoms with E-state index in [1.165, 1.54) is 11.3 Å². The average molecular weight is 359 g/mol. The number of fused-ring (bicyclic) bond motifs is 1. The molecular weight excluding hydrogens is 350 g/mol.